The van der Waals surface area contributed by atoms with Crippen LogP contribution in [-0.2, 0) is 12.3 Å². The molecule has 0 heterocycles. The Hall–Kier alpha value is -0.960. The number of halogens is 2. The summed E-state index contributed by atoms with van der Waals surface area (Å²) in [5.74, 6) is -2.49. The second-order valence-electron chi connectivity index (χ2n) is 5.87. The average molecular weight is 269 g/mol. The summed E-state index contributed by atoms with van der Waals surface area (Å²) in [6, 6.07) is 5.53. The molecular formula is C16H25F2N. The Labute approximate surface area is 115 Å². The number of hydrogen-bond donors (Lipinski definition) is 0. The number of hydrogen-bond acceptors (Lipinski definition) is 1. The molecule has 0 aliphatic rings. The van der Waals surface area contributed by atoms with Crippen LogP contribution in [0, 0.1) is 0 Å². The van der Waals surface area contributed by atoms with Crippen molar-refractivity contribution < 1.29 is 8.78 Å². The Morgan fingerprint density at radius 2 is 1.84 bits per heavy atom. The van der Waals surface area contributed by atoms with Gasteiger partial charge in [0.05, 0.1) is 0 Å². The van der Waals surface area contributed by atoms with E-state index in [1.165, 1.54) is 0 Å². The average Bonchev–Trinajstić information content (AvgIpc) is 2.27. The first-order valence-corrected chi connectivity index (χ1v) is 6.87. The highest BCUT2D eigenvalue weighted by Crippen LogP contribution is 2.33. The Bertz CT molecular complexity index is 406. The molecule has 19 heavy (non-hydrogen) atoms. The van der Waals surface area contributed by atoms with Gasteiger partial charge in [-0.25, -0.2) is 8.78 Å². The Kier molecular flexibility index (Phi) is 5.48. The maximum Gasteiger partial charge on any atom is 0.270 e. The SMILES string of the molecule is CC(C)c1ccc(CCCN(C)C)c(C(C)(F)F)c1. The van der Waals surface area contributed by atoms with Gasteiger partial charge >= 0.3 is 0 Å². The van der Waals surface area contributed by atoms with E-state index in [1.807, 2.05) is 40.1 Å². The van der Waals surface area contributed by atoms with Gasteiger partial charge < -0.3 is 4.90 Å². The quantitative estimate of drug-likeness (QED) is 0.739. The van der Waals surface area contributed by atoms with Gasteiger partial charge in [-0.2, -0.15) is 0 Å². The molecule has 0 aromatic heterocycles. The Balaban J connectivity index is 2.96. The van der Waals surface area contributed by atoms with E-state index in [0.29, 0.717) is 6.42 Å². The van der Waals surface area contributed by atoms with Gasteiger partial charge in [0.2, 0.25) is 0 Å². The summed E-state index contributed by atoms with van der Waals surface area (Å²) in [6.45, 7) is 5.96. The van der Waals surface area contributed by atoms with E-state index in [2.05, 4.69) is 4.90 Å². The number of nitrogens with zero attached hydrogens (tertiary/aromatic N) is 1. The van der Waals surface area contributed by atoms with Crippen LogP contribution >= 0.6 is 0 Å². The van der Waals surface area contributed by atoms with E-state index < -0.39 is 5.92 Å². The normalized spacial score (nSPS) is 12.5. The van der Waals surface area contributed by atoms with Crippen LogP contribution in [0.3, 0.4) is 0 Å². The zero-order chi connectivity index (χ0) is 14.6. The lowest BCUT2D eigenvalue weighted by molar-refractivity contribution is 0.0164. The molecule has 0 radical (unpaired) electrons. The molecular weight excluding hydrogens is 244 g/mol. The van der Waals surface area contributed by atoms with E-state index >= 15 is 0 Å². The largest absolute Gasteiger partial charge is 0.309 e. The molecule has 1 aromatic carbocycles. The van der Waals surface area contributed by atoms with Gasteiger partial charge in [-0.05, 0) is 56.6 Å². The van der Waals surface area contributed by atoms with Crippen molar-refractivity contribution >= 4 is 0 Å². The van der Waals surface area contributed by atoms with Crippen molar-refractivity contribution in [2.75, 3.05) is 20.6 Å². The second-order valence-corrected chi connectivity index (χ2v) is 5.87. The van der Waals surface area contributed by atoms with E-state index in [1.54, 1.807) is 6.07 Å². The van der Waals surface area contributed by atoms with Crippen molar-refractivity contribution in [3.05, 3.63) is 34.9 Å². The van der Waals surface area contributed by atoms with Gasteiger partial charge in [-0.15, -0.1) is 0 Å². The molecule has 108 valence electrons. The minimum Gasteiger partial charge on any atom is -0.309 e. The third-order valence-electron chi connectivity index (χ3n) is 3.32. The number of rotatable bonds is 6. The molecule has 0 aliphatic carbocycles. The maximum atomic E-state index is 13.7. The molecule has 3 heteroatoms. The first kappa shape index (κ1) is 16.1. The highest BCUT2D eigenvalue weighted by Gasteiger charge is 2.27. The summed E-state index contributed by atoms with van der Waals surface area (Å²) >= 11 is 0. The number of alkyl halides is 2. The molecule has 0 saturated heterocycles. The molecule has 0 amide bonds. The highest BCUT2D eigenvalue weighted by atomic mass is 19.3. The molecule has 0 unspecified atom stereocenters. The zero-order valence-corrected chi connectivity index (χ0v) is 12.6. The van der Waals surface area contributed by atoms with Crippen LogP contribution in [-0.4, -0.2) is 25.5 Å². The molecule has 0 atom stereocenters. The van der Waals surface area contributed by atoms with Crippen LogP contribution in [0.2, 0.25) is 0 Å². The van der Waals surface area contributed by atoms with E-state index in [-0.39, 0.29) is 11.5 Å². The summed E-state index contributed by atoms with van der Waals surface area (Å²) in [6.07, 6.45) is 1.60. The highest BCUT2D eigenvalue weighted by molar-refractivity contribution is 5.36. The lowest BCUT2D eigenvalue weighted by atomic mass is 9.92. The lowest BCUT2D eigenvalue weighted by Crippen LogP contribution is -2.16. The van der Waals surface area contributed by atoms with Crippen LogP contribution in [0.15, 0.2) is 18.2 Å². The summed E-state index contributed by atoms with van der Waals surface area (Å²) in [5, 5.41) is 0. The molecule has 0 saturated carbocycles. The first-order valence-electron chi connectivity index (χ1n) is 6.87. The fourth-order valence-corrected chi connectivity index (χ4v) is 2.17. The van der Waals surface area contributed by atoms with Crippen molar-refractivity contribution in [3.8, 4) is 0 Å². The Morgan fingerprint density at radius 3 is 2.32 bits per heavy atom. The van der Waals surface area contributed by atoms with Gasteiger partial charge in [-0.1, -0.05) is 26.0 Å². The van der Waals surface area contributed by atoms with Gasteiger partial charge in [0.15, 0.2) is 0 Å². The third kappa shape index (κ3) is 4.90. The monoisotopic (exact) mass is 269 g/mol. The fraction of sp³-hybridized carbons (Fsp3) is 0.625. The molecule has 0 fully saturated rings. The number of aryl methyl sites for hydroxylation is 1. The molecule has 0 spiro atoms. The lowest BCUT2D eigenvalue weighted by Gasteiger charge is -2.19. The van der Waals surface area contributed by atoms with Crippen molar-refractivity contribution in [2.24, 2.45) is 0 Å². The Morgan fingerprint density at radius 1 is 1.21 bits per heavy atom. The first-order chi connectivity index (χ1) is 8.71. The van der Waals surface area contributed by atoms with Gasteiger partial charge in [0, 0.05) is 12.5 Å². The minimum atomic E-state index is -2.77. The minimum absolute atomic E-state index is 0.192. The van der Waals surface area contributed by atoms with Gasteiger partial charge in [-0.3, -0.25) is 0 Å². The zero-order valence-electron chi connectivity index (χ0n) is 12.6. The topological polar surface area (TPSA) is 3.24 Å². The smallest absolute Gasteiger partial charge is 0.270 e. The summed E-state index contributed by atoms with van der Waals surface area (Å²) in [5.41, 5.74) is 1.95. The van der Waals surface area contributed by atoms with Crippen molar-refractivity contribution in [2.45, 2.75) is 45.5 Å². The molecule has 1 rings (SSSR count). The van der Waals surface area contributed by atoms with Crippen LogP contribution in [0.5, 0.6) is 0 Å². The maximum absolute atomic E-state index is 13.7. The summed E-state index contributed by atoms with van der Waals surface area (Å²) < 4.78 is 27.5. The third-order valence-corrected chi connectivity index (χ3v) is 3.32. The molecule has 1 aromatic rings. The van der Waals surface area contributed by atoms with E-state index in [4.69, 9.17) is 0 Å². The second kappa shape index (κ2) is 6.47. The molecule has 1 nitrogen and oxygen atoms in total. The molecule has 0 aliphatic heterocycles. The van der Waals surface area contributed by atoms with E-state index in [9.17, 15) is 8.78 Å². The van der Waals surface area contributed by atoms with Crippen LogP contribution in [0.25, 0.3) is 0 Å². The van der Waals surface area contributed by atoms with E-state index in [0.717, 1.165) is 31.0 Å². The summed E-state index contributed by atoms with van der Waals surface area (Å²) in [4.78, 5) is 2.08. The van der Waals surface area contributed by atoms with Crippen molar-refractivity contribution in [1.82, 2.24) is 4.90 Å². The molecule has 0 N–H and O–H groups in total. The van der Waals surface area contributed by atoms with Gasteiger partial charge in [0.25, 0.3) is 5.92 Å². The van der Waals surface area contributed by atoms with Crippen LogP contribution < -0.4 is 0 Å². The fourth-order valence-electron chi connectivity index (χ4n) is 2.17. The van der Waals surface area contributed by atoms with Crippen LogP contribution in [0.1, 0.15) is 49.8 Å². The van der Waals surface area contributed by atoms with Crippen LogP contribution in [0.4, 0.5) is 8.78 Å². The van der Waals surface area contributed by atoms with Crippen molar-refractivity contribution in [1.29, 1.82) is 0 Å². The molecule has 0 bridgehead atoms. The standard InChI is InChI=1S/C16H25F2N/c1-12(2)14-9-8-13(7-6-10-19(4)5)15(11-14)16(3,17)18/h8-9,11-12H,6-7,10H2,1-5H3. The van der Waals surface area contributed by atoms with Crippen molar-refractivity contribution in [3.63, 3.8) is 0 Å². The predicted octanol–water partition coefficient (Wildman–Crippen LogP) is 4.42. The van der Waals surface area contributed by atoms with Gasteiger partial charge in [0.1, 0.15) is 0 Å². The summed E-state index contributed by atoms with van der Waals surface area (Å²) in [7, 11) is 3.99. The predicted molar refractivity (Wildman–Crippen MR) is 77.0 cm³/mol. The number of benzene rings is 1.